The fourth-order valence-electron chi connectivity index (χ4n) is 3.70. The van der Waals surface area contributed by atoms with Gasteiger partial charge in [-0.3, -0.25) is 19.2 Å². The highest BCUT2D eigenvalue weighted by molar-refractivity contribution is 5.99. The Kier molecular flexibility index (Phi) is 16.1. The van der Waals surface area contributed by atoms with Crippen LogP contribution in [-0.4, -0.2) is 41.5 Å². The van der Waals surface area contributed by atoms with E-state index in [1.54, 1.807) is 6.07 Å². The molecule has 5 N–H and O–H groups in total. The average molecular weight is 621 g/mol. The van der Waals surface area contributed by atoms with Gasteiger partial charge in [0.25, 0.3) is 6.29 Å². The predicted molar refractivity (Wildman–Crippen MR) is 176 cm³/mol. The summed E-state index contributed by atoms with van der Waals surface area (Å²) in [6.45, 7) is 14.2. The molecule has 0 aliphatic rings. The van der Waals surface area contributed by atoms with Gasteiger partial charge in [-0.05, 0) is 93.1 Å². The van der Waals surface area contributed by atoms with Crippen LogP contribution in [0.4, 0.5) is 17.1 Å². The Morgan fingerprint density at radius 1 is 0.733 bits per heavy atom. The molecule has 11 nitrogen and oxygen atoms in total. The van der Waals surface area contributed by atoms with Crippen LogP contribution >= 0.6 is 0 Å². The molecular formula is C34H44N4O7. The molecule has 0 aromatic heterocycles. The molecule has 0 unspecified atom stereocenters. The number of ether oxygens (including phenoxy) is 2. The topological polar surface area (TPSA) is 169 Å². The van der Waals surface area contributed by atoms with E-state index in [1.807, 2.05) is 77.1 Å². The molecule has 0 spiro atoms. The maximum Gasteiger partial charge on any atom is 0.305 e. The summed E-state index contributed by atoms with van der Waals surface area (Å²) in [5.74, 6) is -1.85. The number of esters is 2. The van der Waals surface area contributed by atoms with E-state index in [4.69, 9.17) is 20.4 Å². The number of oxime groups is 1. The van der Waals surface area contributed by atoms with Gasteiger partial charge in [0.1, 0.15) is 6.42 Å². The zero-order valence-electron chi connectivity index (χ0n) is 27.2. The quantitative estimate of drug-likeness (QED) is 0.0588. The number of hydrogen-bond donors (Lipinski definition) is 4. The van der Waals surface area contributed by atoms with Crippen LogP contribution in [0.3, 0.4) is 0 Å². The highest BCUT2D eigenvalue weighted by Gasteiger charge is 2.20. The number of nitrogens with two attached hydrogens (primary N) is 1. The lowest BCUT2D eigenvalue weighted by Crippen LogP contribution is -2.28. The van der Waals surface area contributed by atoms with Crippen molar-refractivity contribution >= 4 is 47.0 Å². The Bertz CT molecular complexity index is 1470. The van der Waals surface area contributed by atoms with Crippen molar-refractivity contribution in [2.75, 3.05) is 16.4 Å². The van der Waals surface area contributed by atoms with Crippen LogP contribution in [0.2, 0.25) is 0 Å². The van der Waals surface area contributed by atoms with Crippen molar-refractivity contribution in [1.82, 2.24) is 0 Å². The lowest BCUT2D eigenvalue weighted by Gasteiger charge is -2.17. The lowest BCUT2D eigenvalue weighted by molar-refractivity contribution is -0.185. The predicted octanol–water partition coefficient (Wildman–Crippen LogP) is 6.06. The molecule has 2 amide bonds. The summed E-state index contributed by atoms with van der Waals surface area (Å²) in [4.78, 5) is 45.1. The number of nitrogens with one attached hydrogen (secondary N) is 2. The van der Waals surface area contributed by atoms with E-state index >= 15 is 0 Å². The third kappa shape index (κ3) is 14.2. The Labute approximate surface area is 264 Å². The van der Waals surface area contributed by atoms with Gasteiger partial charge in [-0.25, -0.2) is 0 Å². The van der Waals surface area contributed by atoms with Crippen LogP contribution in [0.25, 0.3) is 0 Å². The Morgan fingerprint density at radius 2 is 1.16 bits per heavy atom. The van der Waals surface area contributed by atoms with Gasteiger partial charge in [-0.2, -0.15) is 0 Å². The second-order valence-corrected chi connectivity index (χ2v) is 10.2. The summed E-state index contributed by atoms with van der Waals surface area (Å²) >= 11 is 0. The minimum absolute atomic E-state index is 0.0733. The van der Waals surface area contributed by atoms with Crippen LogP contribution in [0, 0.1) is 41.5 Å². The van der Waals surface area contributed by atoms with Crippen LogP contribution in [0.1, 0.15) is 60.1 Å². The maximum atomic E-state index is 12.0. The van der Waals surface area contributed by atoms with Crippen molar-refractivity contribution in [2.45, 2.75) is 74.5 Å². The highest BCUT2D eigenvalue weighted by Crippen LogP contribution is 2.19. The van der Waals surface area contributed by atoms with Crippen molar-refractivity contribution in [3.05, 3.63) is 88.0 Å². The first-order valence-electron chi connectivity index (χ1n) is 14.2. The first-order chi connectivity index (χ1) is 21.2. The molecule has 0 heterocycles. The number of nitrogens with zero attached hydrogens (tertiary/aromatic N) is 1. The second-order valence-electron chi connectivity index (χ2n) is 10.2. The van der Waals surface area contributed by atoms with Crippen molar-refractivity contribution in [1.29, 1.82) is 0 Å². The number of carbonyl (C=O) groups is 4. The zero-order valence-corrected chi connectivity index (χ0v) is 27.2. The molecule has 0 radical (unpaired) electrons. The number of amides is 2. The van der Waals surface area contributed by atoms with Gasteiger partial charge < -0.3 is 31.0 Å². The van der Waals surface area contributed by atoms with Crippen LogP contribution in [0.15, 0.2) is 59.8 Å². The molecule has 0 bridgehead atoms. The van der Waals surface area contributed by atoms with Gasteiger partial charge >= 0.3 is 11.9 Å². The summed E-state index contributed by atoms with van der Waals surface area (Å²) in [6, 6.07) is 17.2. The Hall–Kier alpha value is -5.19. The monoisotopic (exact) mass is 620 g/mol. The van der Waals surface area contributed by atoms with Gasteiger partial charge in [0, 0.05) is 30.9 Å². The molecule has 11 heteroatoms. The van der Waals surface area contributed by atoms with Gasteiger partial charge in [-0.1, -0.05) is 36.4 Å². The minimum Gasteiger partial charge on any atom is -0.425 e. The van der Waals surface area contributed by atoms with Crippen LogP contribution in [0.5, 0.6) is 0 Å². The fraction of sp³-hybridized carbons (Fsp3) is 0.324. The van der Waals surface area contributed by atoms with Gasteiger partial charge in [-0.15, -0.1) is 5.16 Å². The third-order valence-electron chi connectivity index (χ3n) is 6.71. The molecule has 3 aromatic rings. The molecule has 0 saturated heterocycles. The lowest BCUT2D eigenvalue weighted by atomic mass is 10.1. The van der Waals surface area contributed by atoms with E-state index in [-0.39, 0.29) is 18.7 Å². The summed E-state index contributed by atoms with van der Waals surface area (Å²) in [5, 5.41) is 16.4. The summed E-state index contributed by atoms with van der Waals surface area (Å²) in [5.41, 5.74) is 14.6. The number of carbonyl (C=O) groups excluding carboxylic acids is 4. The first kappa shape index (κ1) is 37.8. The van der Waals surface area contributed by atoms with Crippen molar-refractivity contribution < 1.29 is 33.9 Å². The number of rotatable bonds is 8. The first-order valence-corrected chi connectivity index (χ1v) is 14.2. The number of anilines is 3. The van der Waals surface area contributed by atoms with Crippen LogP contribution in [-0.2, 0) is 28.7 Å². The minimum atomic E-state index is -1.22. The molecule has 0 atom stereocenters. The van der Waals surface area contributed by atoms with E-state index in [0.29, 0.717) is 5.69 Å². The van der Waals surface area contributed by atoms with E-state index in [1.165, 1.54) is 25.0 Å². The number of nitrogen functional groups attached to an aromatic ring is 1. The molecule has 0 fully saturated rings. The summed E-state index contributed by atoms with van der Waals surface area (Å²) in [6.07, 6.45) is -0.248. The largest absolute Gasteiger partial charge is 0.425 e. The van der Waals surface area contributed by atoms with Gasteiger partial charge in [0.15, 0.2) is 0 Å². The van der Waals surface area contributed by atoms with Crippen LogP contribution < -0.4 is 16.4 Å². The number of benzene rings is 3. The molecule has 3 rings (SSSR count). The molecule has 0 saturated carbocycles. The summed E-state index contributed by atoms with van der Waals surface area (Å²) in [7, 11) is 0. The Morgan fingerprint density at radius 3 is 1.56 bits per heavy atom. The molecular weight excluding hydrogens is 576 g/mol. The SMILES string of the molecule is CC(=O)OC(CC(=O)Nc1cccc(C)c1C)OC(C)=O.Cc1cccc(N)c1C.Cc1cccc(NC(=O)C/C=N\O)c1C. The number of aryl methyl sites for hydroxylation is 3. The number of hydrogen-bond acceptors (Lipinski definition) is 9. The van der Waals surface area contributed by atoms with E-state index in [0.717, 1.165) is 39.8 Å². The van der Waals surface area contributed by atoms with E-state index in [2.05, 4.69) is 28.8 Å². The maximum absolute atomic E-state index is 12.0. The smallest absolute Gasteiger partial charge is 0.305 e. The molecule has 45 heavy (non-hydrogen) atoms. The van der Waals surface area contributed by atoms with E-state index < -0.39 is 24.1 Å². The van der Waals surface area contributed by atoms with Crippen molar-refractivity contribution in [2.24, 2.45) is 5.16 Å². The summed E-state index contributed by atoms with van der Waals surface area (Å²) < 4.78 is 9.56. The van der Waals surface area contributed by atoms with Crippen molar-refractivity contribution in [3.8, 4) is 0 Å². The zero-order chi connectivity index (χ0) is 34.1. The van der Waals surface area contributed by atoms with Crippen molar-refractivity contribution in [3.63, 3.8) is 0 Å². The molecule has 0 aliphatic carbocycles. The second kappa shape index (κ2) is 19.2. The van der Waals surface area contributed by atoms with E-state index in [9.17, 15) is 19.2 Å². The highest BCUT2D eigenvalue weighted by atomic mass is 16.7. The Balaban J connectivity index is 0.000000366. The molecule has 242 valence electrons. The molecule has 3 aromatic carbocycles. The van der Waals surface area contributed by atoms with Gasteiger partial charge in [0.2, 0.25) is 11.8 Å². The normalized spacial score (nSPS) is 10.2. The standard InChI is InChI=1S/C15H19NO5.C11H14N2O2.C8H11N/c1-9-6-5-7-13(10(9)2)16-14(19)8-15(20-11(3)17)21-12(4)18;1-8-4-3-5-10(9(8)2)13-11(14)6-7-12-15;1-6-4-3-5-8(9)7(6)2/h5-7,15H,8H2,1-4H3,(H,16,19);3-5,7,15H,6H2,1-2H3,(H,13,14);3-5H,9H2,1-2H3/b;12-7-;. The average Bonchev–Trinajstić information content (AvgIpc) is 2.95. The van der Waals surface area contributed by atoms with Gasteiger partial charge in [0.05, 0.1) is 12.6 Å². The fourth-order valence-corrected chi connectivity index (χ4v) is 3.70. The molecule has 0 aliphatic heterocycles. The third-order valence-corrected chi connectivity index (χ3v) is 6.71.